The summed E-state index contributed by atoms with van der Waals surface area (Å²) in [4.78, 5) is 18.5. The first-order valence-corrected chi connectivity index (χ1v) is 7.55. The highest BCUT2D eigenvalue weighted by Gasteiger charge is 2.26. The van der Waals surface area contributed by atoms with Crippen molar-refractivity contribution in [1.82, 2.24) is 9.88 Å². The van der Waals surface area contributed by atoms with Gasteiger partial charge in [-0.3, -0.25) is 4.79 Å². The minimum Gasteiger partial charge on any atom is -0.396 e. The number of benzene rings is 1. The predicted molar refractivity (Wildman–Crippen MR) is 79.7 cm³/mol. The molecule has 1 unspecified atom stereocenters. The minimum absolute atomic E-state index is 0.0549. The molecule has 1 aromatic carbocycles. The molecule has 6 heteroatoms. The first kappa shape index (κ1) is 13.3. The number of likely N-dealkylation sites (tertiary alicyclic amines) is 1. The molecule has 0 saturated carbocycles. The van der Waals surface area contributed by atoms with Gasteiger partial charge in [0, 0.05) is 25.3 Å². The van der Waals surface area contributed by atoms with E-state index >= 15 is 0 Å². The number of anilines is 1. The molecule has 1 saturated heterocycles. The van der Waals surface area contributed by atoms with Crippen LogP contribution in [0.3, 0.4) is 0 Å². The summed E-state index contributed by atoms with van der Waals surface area (Å²) >= 11 is 1.40. The number of nitrogen functional groups attached to an aromatic ring is 1. The molecular weight excluding hydrogens is 274 g/mol. The predicted octanol–water partition coefficient (Wildman–Crippen LogP) is 1.72. The van der Waals surface area contributed by atoms with Crippen LogP contribution in [-0.4, -0.2) is 40.6 Å². The van der Waals surface area contributed by atoms with E-state index in [-0.39, 0.29) is 12.5 Å². The van der Waals surface area contributed by atoms with Gasteiger partial charge in [0.2, 0.25) is 0 Å². The largest absolute Gasteiger partial charge is 0.396 e. The van der Waals surface area contributed by atoms with Crippen LogP contribution in [0, 0.1) is 5.92 Å². The first-order valence-electron chi connectivity index (χ1n) is 6.73. The Balaban J connectivity index is 1.78. The lowest BCUT2D eigenvalue weighted by Gasteiger charge is -2.16. The van der Waals surface area contributed by atoms with Crippen LogP contribution in [0.1, 0.15) is 23.2 Å². The van der Waals surface area contributed by atoms with Crippen molar-refractivity contribution in [3.05, 3.63) is 23.8 Å². The lowest BCUT2D eigenvalue weighted by Crippen LogP contribution is -2.28. The number of carbonyl (C=O) groups is 1. The van der Waals surface area contributed by atoms with Gasteiger partial charge in [0.1, 0.15) is 0 Å². The second-order valence-electron chi connectivity index (χ2n) is 5.15. The monoisotopic (exact) mass is 291 g/mol. The van der Waals surface area contributed by atoms with Gasteiger partial charge >= 0.3 is 0 Å². The number of aliphatic hydroxyl groups excluding tert-OH is 1. The first-order chi connectivity index (χ1) is 9.67. The van der Waals surface area contributed by atoms with Gasteiger partial charge in [-0.1, -0.05) is 11.3 Å². The molecule has 1 aromatic heterocycles. The molecule has 0 aliphatic carbocycles. The van der Waals surface area contributed by atoms with Crippen LogP contribution in [0.25, 0.3) is 10.2 Å². The molecule has 106 valence electrons. The standard InChI is InChI=1S/C14H17N3O2S/c15-14-16-11-2-1-10(7-12(11)20-14)13(19)17-5-3-9(8-17)4-6-18/h1-2,7,9,18H,3-6,8H2,(H2,15,16). The molecule has 1 amide bonds. The van der Waals surface area contributed by atoms with Gasteiger partial charge in [0.15, 0.2) is 5.13 Å². The van der Waals surface area contributed by atoms with Crippen LogP contribution in [-0.2, 0) is 0 Å². The van der Waals surface area contributed by atoms with Gasteiger partial charge in [0.05, 0.1) is 10.2 Å². The molecule has 1 fully saturated rings. The van der Waals surface area contributed by atoms with Crippen LogP contribution in [0.2, 0.25) is 0 Å². The Bertz CT molecular complexity index is 640. The number of thiazole rings is 1. The molecule has 5 nitrogen and oxygen atoms in total. The van der Waals surface area contributed by atoms with Crippen molar-refractivity contribution in [2.75, 3.05) is 25.4 Å². The number of aromatic nitrogens is 1. The fraction of sp³-hybridized carbons (Fsp3) is 0.429. The Morgan fingerprint density at radius 3 is 3.20 bits per heavy atom. The molecule has 2 aromatic rings. The minimum atomic E-state index is 0.0549. The highest BCUT2D eigenvalue weighted by molar-refractivity contribution is 7.22. The summed E-state index contributed by atoms with van der Waals surface area (Å²) in [7, 11) is 0. The van der Waals surface area contributed by atoms with E-state index in [9.17, 15) is 4.79 Å². The second kappa shape index (κ2) is 5.38. The average Bonchev–Trinajstić information content (AvgIpc) is 3.02. The molecule has 1 aliphatic heterocycles. The molecule has 3 rings (SSSR count). The van der Waals surface area contributed by atoms with Crippen molar-refractivity contribution in [2.45, 2.75) is 12.8 Å². The van der Waals surface area contributed by atoms with Crippen LogP contribution >= 0.6 is 11.3 Å². The summed E-state index contributed by atoms with van der Waals surface area (Å²) in [6, 6.07) is 5.52. The van der Waals surface area contributed by atoms with E-state index < -0.39 is 0 Å². The summed E-state index contributed by atoms with van der Waals surface area (Å²) in [6.07, 6.45) is 1.75. The quantitative estimate of drug-likeness (QED) is 0.902. The molecule has 20 heavy (non-hydrogen) atoms. The molecular formula is C14H17N3O2S. The van der Waals surface area contributed by atoms with E-state index in [1.54, 1.807) is 0 Å². The maximum Gasteiger partial charge on any atom is 0.253 e. The summed E-state index contributed by atoms with van der Waals surface area (Å²) in [5.74, 6) is 0.478. The molecule has 1 atom stereocenters. The number of rotatable bonds is 3. The van der Waals surface area contributed by atoms with E-state index in [0.29, 0.717) is 16.6 Å². The van der Waals surface area contributed by atoms with Crippen molar-refractivity contribution in [3.8, 4) is 0 Å². The number of hydrogen-bond donors (Lipinski definition) is 2. The lowest BCUT2D eigenvalue weighted by molar-refractivity contribution is 0.0785. The van der Waals surface area contributed by atoms with Crippen molar-refractivity contribution >= 4 is 32.6 Å². The molecule has 0 spiro atoms. The maximum atomic E-state index is 12.5. The van der Waals surface area contributed by atoms with Crippen molar-refractivity contribution in [1.29, 1.82) is 0 Å². The Kier molecular flexibility index (Phi) is 3.58. The van der Waals surface area contributed by atoms with Crippen molar-refractivity contribution < 1.29 is 9.90 Å². The third kappa shape index (κ3) is 2.48. The number of carbonyl (C=O) groups excluding carboxylic acids is 1. The number of nitrogens with two attached hydrogens (primary N) is 1. The number of nitrogens with zero attached hydrogens (tertiary/aromatic N) is 2. The maximum absolute atomic E-state index is 12.5. The van der Waals surface area contributed by atoms with Gasteiger partial charge < -0.3 is 15.7 Å². The number of fused-ring (bicyclic) bond motifs is 1. The smallest absolute Gasteiger partial charge is 0.253 e. The van der Waals surface area contributed by atoms with Crippen molar-refractivity contribution in [2.24, 2.45) is 5.92 Å². The van der Waals surface area contributed by atoms with E-state index in [4.69, 9.17) is 10.8 Å². The Morgan fingerprint density at radius 2 is 2.40 bits per heavy atom. The third-order valence-corrected chi connectivity index (χ3v) is 4.61. The highest BCUT2D eigenvalue weighted by Crippen LogP contribution is 2.26. The topological polar surface area (TPSA) is 79.5 Å². The van der Waals surface area contributed by atoms with E-state index in [0.717, 1.165) is 36.1 Å². The molecule has 2 heterocycles. The van der Waals surface area contributed by atoms with Gasteiger partial charge in [-0.15, -0.1) is 0 Å². The number of amides is 1. The molecule has 0 radical (unpaired) electrons. The normalized spacial score (nSPS) is 18.9. The Labute approximate surface area is 121 Å². The lowest BCUT2D eigenvalue weighted by atomic mass is 10.1. The fourth-order valence-corrected chi connectivity index (χ4v) is 3.47. The van der Waals surface area contributed by atoms with Gasteiger partial charge in [-0.05, 0) is 37.0 Å². The highest BCUT2D eigenvalue weighted by atomic mass is 32.1. The van der Waals surface area contributed by atoms with Gasteiger partial charge in [-0.25, -0.2) is 4.98 Å². The zero-order valence-electron chi connectivity index (χ0n) is 11.1. The van der Waals surface area contributed by atoms with Gasteiger partial charge in [0.25, 0.3) is 5.91 Å². The summed E-state index contributed by atoms with van der Waals surface area (Å²) in [5.41, 5.74) is 7.20. The van der Waals surface area contributed by atoms with Crippen LogP contribution < -0.4 is 5.73 Å². The summed E-state index contributed by atoms with van der Waals surface area (Å²) in [5, 5.41) is 9.49. The van der Waals surface area contributed by atoms with Crippen molar-refractivity contribution in [3.63, 3.8) is 0 Å². The van der Waals surface area contributed by atoms with Gasteiger partial charge in [-0.2, -0.15) is 0 Å². The summed E-state index contributed by atoms with van der Waals surface area (Å²) < 4.78 is 0.944. The third-order valence-electron chi connectivity index (χ3n) is 3.76. The Morgan fingerprint density at radius 1 is 1.55 bits per heavy atom. The Hall–Kier alpha value is -1.66. The fourth-order valence-electron chi connectivity index (χ4n) is 2.69. The van der Waals surface area contributed by atoms with Crippen LogP contribution in [0.5, 0.6) is 0 Å². The van der Waals surface area contributed by atoms with E-state index in [1.807, 2.05) is 23.1 Å². The zero-order chi connectivity index (χ0) is 14.1. The zero-order valence-corrected chi connectivity index (χ0v) is 11.9. The average molecular weight is 291 g/mol. The number of hydrogen-bond acceptors (Lipinski definition) is 5. The SMILES string of the molecule is Nc1nc2ccc(C(=O)N3CCC(CCO)C3)cc2s1. The van der Waals surface area contributed by atoms with E-state index in [1.165, 1.54) is 11.3 Å². The number of aliphatic hydroxyl groups is 1. The molecule has 3 N–H and O–H groups in total. The van der Waals surface area contributed by atoms with Crippen LogP contribution in [0.4, 0.5) is 5.13 Å². The van der Waals surface area contributed by atoms with E-state index in [2.05, 4.69) is 4.98 Å². The second-order valence-corrected chi connectivity index (χ2v) is 6.21. The summed E-state index contributed by atoms with van der Waals surface area (Å²) in [6.45, 7) is 1.70. The molecule has 0 bridgehead atoms. The van der Waals surface area contributed by atoms with Crippen LogP contribution in [0.15, 0.2) is 18.2 Å². The molecule has 1 aliphatic rings.